The van der Waals surface area contributed by atoms with Gasteiger partial charge in [0, 0.05) is 11.7 Å². The van der Waals surface area contributed by atoms with Crippen molar-refractivity contribution in [3.8, 4) is 0 Å². The van der Waals surface area contributed by atoms with Crippen molar-refractivity contribution in [2.75, 3.05) is 5.73 Å². The molecule has 17 heavy (non-hydrogen) atoms. The zero-order valence-corrected chi connectivity index (χ0v) is 10.8. The Hall–Kier alpha value is -1.06. The van der Waals surface area contributed by atoms with Crippen LogP contribution in [0, 0.1) is 0 Å². The van der Waals surface area contributed by atoms with Gasteiger partial charge in [0.15, 0.2) is 0 Å². The van der Waals surface area contributed by atoms with E-state index in [0.29, 0.717) is 12.3 Å². The van der Waals surface area contributed by atoms with E-state index in [1.54, 1.807) is 0 Å². The van der Waals surface area contributed by atoms with E-state index in [9.17, 15) is 5.11 Å². The van der Waals surface area contributed by atoms with E-state index in [4.69, 9.17) is 11.5 Å². The van der Waals surface area contributed by atoms with Crippen molar-refractivity contribution in [1.82, 2.24) is 0 Å². The maximum absolute atomic E-state index is 9.99. The molecule has 0 aliphatic rings. The minimum Gasteiger partial charge on any atom is -0.399 e. The standard InChI is InChI=1S/C14H24N2O/c1-3-4-13(16)14(17)9-10(2)11-5-7-12(15)8-6-11/h5-8,10,13-14,17H,3-4,9,15-16H2,1-2H3. The van der Waals surface area contributed by atoms with E-state index in [2.05, 4.69) is 13.8 Å². The van der Waals surface area contributed by atoms with Gasteiger partial charge < -0.3 is 16.6 Å². The van der Waals surface area contributed by atoms with Crippen LogP contribution in [0.15, 0.2) is 24.3 Å². The number of nitrogen functional groups attached to an aromatic ring is 1. The van der Waals surface area contributed by atoms with Crippen molar-refractivity contribution >= 4 is 5.69 Å². The number of benzene rings is 1. The molecule has 3 unspecified atom stereocenters. The number of anilines is 1. The van der Waals surface area contributed by atoms with Crippen molar-refractivity contribution in [2.45, 2.75) is 51.2 Å². The van der Waals surface area contributed by atoms with Crippen molar-refractivity contribution < 1.29 is 5.11 Å². The molecule has 0 bridgehead atoms. The third-order valence-electron chi connectivity index (χ3n) is 3.22. The number of hydrogen-bond donors (Lipinski definition) is 3. The molecular formula is C14H24N2O. The summed E-state index contributed by atoms with van der Waals surface area (Å²) in [4.78, 5) is 0. The Morgan fingerprint density at radius 1 is 1.24 bits per heavy atom. The van der Waals surface area contributed by atoms with Gasteiger partial charge in [0.1, 0.15) is 0 Å². The molecule has 0 amide bonds. The zero-order chi connectivity index (χ0) is 12.8. The second-order valence-electron chi connectivity index (χ2n) is 4.82. The first-order chi connectivity index (χ1) is 8.04. The molecular weight excluding hydrogens is 212 g/mol. The molecule has 0 spiro atoms. The van der Waals surface area contributed by atoms with E-state index in [1.807, 2.05) is 24.3 Å². The summed E-state index contributed by atoms with van der Waals surface area (Å²) < 4.78 is 0. The molecule has 0 heterocycles. The quantitative estimate of drug-likeness (QED) is 0.663. The van der Waals surface area contributed by atoms with Crippen molar-refractivity contribution in [1.29, 1.82) is 0 Å². The Balaban J connectivity index is 2.53. The Kier molecular flexibility index (Phi) is 5.45. The van der Waals surface area contributed by atoms with Gasteiger partial charge in [-0.05, 0) is 36.5 Å². The molecule has 3 heteroatoms. The molecule has 0 aromatic heterocycles. The van der Waals surface area contributed by atoms with Gasteiger partial charge in [0.05, 0.1) is 6.10 Å². The second kappa shape index (κ2) is 6.62. The average molecular weight is 236 g/mol. The molecule has 0 saturated heterocycles. The minimum absolute atomic E-state index is 0.115. The van der Waals surface area contributed by atoms with E-state index >= 15 is 0 Å². The Morgan fingerprint density at radius 3 is 2.35 bits per heavy atom. The lowest BCUT2D eigenvalue weighted by molar-refractivity contribution is 0.124. The smallest absolute Gasteiger partial charge is 0.0696 e. The van der Waals surface area contributed by atoms with Crippen molar-refractivity contribution in [2.24, 2.45) is 5.73 Å². The third kappa shape index (κ3) is 4.36. The fourth-order valence-electron chi connectivity index (χ4n) is 2.02. The van der Waals surface area contributed by atoms with Gasteiger partial charge in [-0.3, -0.25) is 0 Å². The first-order valence-electron chi connectivity index (χ1n) is 6.33. The second-order valence-corrected chi connectivity index (χ2v) is 4.82. The Morgan fingerprint density at radius 2 is 1.82 bits per heavy atom. The molecule has 5 N–H and O–H groups in total. The molecule has 1 aromatic rings. The SMILES string of the molecule is CCCC(N)C(O)CC(C)c1ccc(N)cc1. The number of nitrogens with two attached hydrogens (primary N) is 2. The molecule has 0 saturated carbocycles. The van der Waals surface area contributed by atoms with Crippen LogP contribution in [0.3, 0.4) is 0 Å². The number of hydrogen-bond acceptors (Lipinski definition) is 3. The molecule has 0 aliphatic carbocycles. The van der Waals surface area contributed by atoms with E-state index in [0.717, 1.165) is 18.5 Å². The fourth-order valence-corrected chi connectivity index (χ4v) is 2.02. The first kappa shape index (κ1) is 14.0. The topological polar surface area (TPSA) is 72.3 Å². The summed E-state index contributed by atoms with van der Waals surface area (Å²) in [6.07, 6.45) is 2.15. The molecule has 3 atom stereocenters. The molecule has 0 fully saturated rings. The van der Waals surface area contributed by atoms with E-state index in [-0.39, 0.29) is 6.04 Å². The lowest BCUT2D eigenvalue weighted by atomic mass is 9.91. The highest BCUT2D eigenvalue weighted by Gasteiger charge is 2.17. The highest BCUT2D eigenvalue weighted by Crippen LogP contribution is 2.23. The van der Waals surface area contributed by atoms with Gasteiger partial charge in [-0.1, -0.05) is 32.4 Å². The van der Waals surface area contributed by atoms with Crippen LogP contribution in [-0.2, 0) is 0 Å². The molecule has 1 aromatic carbocycles. The summed E-state index contributed by atoms with van der Waals surface area (Å²) in [5.41, 5.74) is 13.5. The van der Waals surface area contributed by atoms with Gasteiger partial charge in [-0.2, -0.15) is 0 Å². The summed E-state index contributed by atoms with van der Waals surface area (Å²) in [5.74, 6) is 0.300. The summed E-state index contributed by atoms with van der Waals surface area (Å²) in [7, 11) is 0. The predicted octanol–water partition coefficient (Wildman–Crippen LogP) is 2.25. The van der Waals surface area contributed by atoms with Crippen molar-refractivity contribution in [3.05, 3.63) is 29.8 Å². The Labute approximate surface area is 104 Å². The summed E-state index contributed by atoms with van der Waals surface area (Å²) in [5, 5.41) is 9.99. The van der Waals surface area contributed by atoms with Crippen molar-refractivity contribution in [3.63, 3.8) is 0 Å². The van der Waals surface area contributed by atoms with Crippen LogP contribution >= 0.6 is 0 Å². The van der Waals surface area contributed by atoms with Gasteiger partial charge in [0.2, 0.25) is 0 Å². The molecule has 3 nitrogen and oxygen atoms in total. The van der Waals surface area contributed by atoms with Crippen LogP contribution in [0.4, 0.5) is 5.69 Å². The van der Waals surface area contributed by atoms with Gasteiger partial charge in [0.25, 0.3) is 0 Å². The van der Waals surface area contributed by atoms with Gasteiger partial charge in [-0.15, -0.1) is 0 Å². The summed E-state index contributed by atoms with van der Waals surface area (Å²) in [6.45, 7) is 4.18. The number of aliphatic hydroxyl groups is 1. The van der Waals surface area contributed by atoms with E-state index < -0.39 is 6.10 Å². The van der Waals surface area contributed by atoms with Crippen LogP contribution < -0.4 is 11.5 Å². The first-order valence-corrected chi connectivity index (χ1v) is 6.33. The summed E-state index contributed by atoms with van der Waals surface area (Å²) >= 11 is 0. The third-order valence-corrected chi connectivity index (χ3v) is 3.22. The minimum atomic E-state index is -0.428. The zero-order valence-electron chi connectivity index (χ0n) is 10.8. The van der Waals surface area contributed by atoms with Gasteiger partial charge in [-0.25, -0.2) is 0 Å². The molecule has 0 radical (unpaired) electrons. The predicted molar refractivity (Wildman–Crippen MR) is 72.8 cm³/mol. The lowest BCUT2D eigenvalue weighted by Crippen LogP contribution is -2.35. The van der Waals surface area contributed by atoms with Crippen LogP contribution in [0.2, 0.25) is 0 Å². The molecule has 96 valence electrons. The van der Waals surface area contributed by atoms with Crippen LogP contribution in [0.25, 0.3) is 0 Å². The van der Waals surface area contributed by atoms with Crippen LogP contribution in [0.1, 0.15) is 44.6 Å². The van der Waals surface area contributed by atoms with Crippen LogP contribution in [-0.4, -0.2) is 17.3 Å². The number of rotatable bonds is 6. The van der Waals surface area contributed by atoms with E-state index in [1.165, 1.54) is 5.56 Å². The van der Waals surface area contributed by atoms with Gasteiger partial charge >= 0.3 is 0 Å². The highest BCUT2D eigenvalue weighted by molar-refractivity contribution is 5.40. The Bertz CT molecular complexity index is 323. The molecule has 0 aliphatic heterocycles. The largest absolute Gasteiger partial charge is 0.399 e. The normalized spacial score (nSPS) is 16.5. The maximum atomic E-state index is 9.99. The average Bonchev–Trinajstić information content (AvgIpc) is 2.30. The van der Waals surface area contributed by atoms with Crippen LogP contribution in [0.5, 0.6) is 0 Å². The summed E-state index contributed by atoms with van der Waals surface area (Å²) in [6, 6.07) is 7.70. The fraction of sp³-hybridized carbons (Fsp3) is 0.571. The molecule has 1 rings (SSSR count). The maximum Gasteiger partial charge on any atom is 0.0696 e. The lowest BCUT2D eigenvalue weighted by Gasteiger charge is -2.22. The highest BCUT2D eigenvalue weighted by atomic mass is 16.3. The number of aliphatic hydroxyl groups excluding tert-OH is 1. The monoisotopic (exact) mass is 236 g/mol.